The van der Waals surface area contributed by atoms with Crippen LogP contribution < -0.4 is 20.4 Å². The van der Waals surface area contributed by atoms with Crippen LogP contribution in [0.2, 0.25) is 0 Å². The maximum Gasteiger partial charge on any atom is 2.00 e. The number of carboxylic acids is 4. The molecule has 0 spiro atoms. The van der Waals surface area contributed by atoms with Gasteiger partial charge in [-0.3, -0.25) is 0 Å². The Hall–Kier alpha value is -0.121. The molecule has 0 N–H and O–H groups in total. The van der Waals surface area contributed by atoms with Gasteiger partial charge in [0.25, 0.3) is 0 Å². The van der Waals surface area contributed by atoms with Gasteiger partial charge in [0.1, 0.15) is 0 Å². The van der Waals surface area contributed by atoms with Crippen molar-refractivity contribution in [2.24, 2.45) is 0 Å². The largest absolute Gasteiger partial charge is 2.00 e. The van der Waals surface area contributed by atoms with Gasteiger partial charge in [0.15, 0.2) is 0 Å². The molecule has 0 aliphatic carbocycles. The number of hydrogen-bond donors (Lipinski definition) is 0. The molecule has 10 heteroatoms. The van der Waals surface area contributed by atoms with Gasteiger partial charge in [0, 0.05) is 0 Å². The Bertz CT molecular complexity index is 521. The van der Waals surface area contributed by atoms with E-state index in [-0.39, 0.29) is 99.5 Å². The predicted molar refractivity (Wildman–Crippen MR) is 105 cm³/mol. The number of aliphatic carboxylic acids is 4. The summed E-state index contributed by atoms with van der Waals surface area (Å²) in [6, 6.07) is 0. The number of unbranched alkanes of at least 4 members (excludes halogenated alkanes) is 6. The Morgan fingerprint density at radius 1 is 0.567 bits per heavy atom. The molecule has 0 heterocycles. The SMILES string of the molecule is CCCCCC/C(=C/C(=O)[O-])C(=O)[O-].CCCCCC/C(=C/C(=O)[O-])C(=O)[O-].[Ca+2].[Ca+2]. The van der Waals surface area contributed by atoms with Gasteiger partial charge in [0.05, 0.1) is 23.9 Å². The quantitative estimate of drug-likeness (QED) is 0.158. The van der Waals surface area contributed by atoms with Gasteiger partial charge in [-0.15, -0.1) is 0 Å². The summed E-state index contributed by atoms with van der Waals surface area (Å²) in [5, 5.41) is 41.1. The summed E-state index contributed by atoms with van der Waals surface area (Å²) in [5.74, 6) is -5.82. The number of hydrogen-bond acceptors (Lipinski definition) is 8. The van der Waals surface area contributed by atoms with Crippen LogP contribution in [-0.2, 0) is 19.2 Å². The Morgan fingerprint density at radius 3 is 1.07 bits per heavy atom. The second-order valence-corrected chi connectivity index (χ2v) is 6.17. The summed E-state index contributed by atoms with van der Waals surface area (Å²) in [6.07, 6.45) is 8.92. The Kier molecular flexibility index (Phi) is 31.2. The predicted octanol–water partition coefficient (Wildman–Crippen LogP) is -2.00. The van der Waals surface area contributed by atoms with Gasteiger partial charge in [-0.25, -0.2) is 0 Å². The van der Waals surface area contributed by atoms with Crippen molar-refractivity contribution in [1.82, 2.24) is 0 Å². The van der Waals surface area contributed by atoms with Crippen molar-refractivity contribution in [1.29, 1.82) is 0 Å². The molecule has 30 heavy (non-hydrogen) atoms. The molecular weight excluding hydrogens is 448 g/mol. The molecule has 0 aromatic carbocycles. The standard InChI is InChI=1S/2C10H16O4.2Ca/c2*1-2-3-4-5-6-8(10(13)14)7-9(11)12;;/h2*7H,2-6H2,1H3,(H,11,12)(H,13,14);;/q;;2*+2/p-4/b2*8-7-;;. The van der Waals surface area contributed by atoms with Crippen LogP contribution in [0.4, 0.5) is 0 Å². The minimum atomic E-state index is -1.49. The van der Waals surface area contributed by atoms with Crippen molar-refractivity contribution in [3.8, 4) is 0 Å². The molecule has 8 nitrogen and oxygen atoms in total. The summed E-state index contributed by atoms with van der Waals surface area (Å²) in [4.78, 5) is 41.1. The molecule has 0 radical (unpaired) electrons. The number of carbonyl (C=O) groups is 4. The van der Waals surface area contributed by atoms with Gasteiger partial charge in [-0.05, 0) is 49.0 Å². The first-order valence-corrected chi connectivity index (χ1v) is 9.41. The molecule has 0 aromatic heterocycles. The van der Waals surface area contributed by atoms with E-state index in [4.69, 9.17) is 0 Å². The van der Waals surface area contributed by atoms with Crippen LogP contribution in [0.5, 0.6) is 0 Å². The number of rotatable bonds is 14. The molecule has 0 amide bonds. The smallest absolute Gasteiger partial charge is 0.545 e. The topological polar surface area (TPSA) is 161 Å². The third-order valence-corrected chi connectivity index (χ3v) is 3.71. The Labute approximate surface area is 237 Å². The summed E-state index contributed by atoms with van der Waals surface area (Å²) in [5.41, 5.74) is -0.387. The van der Waals surface area contributed by atoms with E-state index in [0.717, 1.165) is 38.5 Å². The zero-order valence-electron chi connectivity index (χ0n) is 17.9. The Morgan fingerprint density at radius 2 is 0.867 bits per heavy atom. The van der Waals surface area contributed by atoms with Crippen LogP contribution in [0.3, 0.4) is 0 Å². The first-order valence-electron chi connectivity index (χ1n) is 9.41. The molecule has 0 rings (SSSR count). The van der Waals surface area contributed by atoms with Gasteiger partial charge in [0.2, 0.25) is 0 Å². The normalized spacial score (nSPS) is 10.6. The zero-order chi connectivity index (χ0) is 21.9. The van der Waals surface area contributed by atoms with Crippen molar-refractivity contribution < 1.29 is 39.6 Å². The summed E-state index contributed by atoms with van der Waals surface area (Å²) < 4.78 is 0. The van der Waals surface area contributed by atoms with Gasteiger partial charge >= 0.3 is 75.5 Å². The summed E-state index contributed by atoms with van der Waals surface area (Å²) >= 11 is 0. The van der Waals surface area contributed by atoms with Gasteiger partial charge < -0.3 is 39.6 Å². The van der Waals surface area contributed by atoms with Crippen molar-refractivity contribution in [2.45, 2.75) is 78.1 Å². The van der Waals surface area contributed by atoms with E-state index in [2.05, 4.69) is 0 Å². The monoisotopic (exact) mass is 476 g/mol. The molecule has 0 bridgehead atoms. The number of carbonyl (C=O) groups excluding carboxylic acids is 4. The van der Waals surface area contributed by atoms with E-state index >= 15 is 0 Å². The van der Waals surface area contributed by atoms with Gasteiger partial charge in [-0.2, -0.15) is 0 Å². The second-order valence-electron chi connectivity index (χ2n) is 6.17. The summed E-state index contributed by atoms with van der Waals surface area (Å²) in [6.45, 7) is 4.08. The van der Waals surface area contributed by atoms with Crippen LogP contribution in [0.1, 0.15) is 78.1 Å². The minimum absolute atomic E-state index is 0. The van der Waals surface area contributed by atoms with Crippen molar-refractivity contribution in [3.63, 3.8) is 0 Å². The first-order chi connectivity index (χ1) is 13.1. The molecule has 0 aliphatic heterocycles. The van der Waals surface area contributed by atoms with E-state index in [1.54, 1.807) is 0 Å². The average Bonchev–Trinajstić information content (AvgIpc) is 2.60. The zero-order valence-corrected chi connectivity index (χ0v) is 22.3. The molecule has 0 saturated carbocycles. The molecule has 0 atom stereocenters. The fraction of sp³-hybridized carbons (Fsp3) is 0.600. The molecule has 0 aromatic rings. The van der Waals surface area contributed by atoms with E-state index in [9.17, 15) is 39.6 Å². The van der Waals surface area contributed by atoms with Crippen LogP contribution in [-0.4, -0.2) is 99.4 Å². The van der Waals surface area contributed by atoms with Gasteiger partial charge in [-0.1, -0.05) is 52.4 Å². The molecular formula is C20H28Ca2O8. The fourth-order valence-electron chi connectivity index (χ4n) is 2.24. The van der Waals surface area contributed by atoms with E-state index in [1.165, 1.54) is 0 Å². The maximum absolute atomic E-state index is 10.4. The molecule has 160 valence electrons. The van der Waals surface area contributed by atoms with Crippen molar-refractivity contribution in [3.05, 3.63) is 23.3 Å². The van der Waals surface area contributed by atoms with E-state index < -0.39 is 23.9 Å². The molecule has 0 saturated heterocycles. The average molecular weight is 477 g/mol. The van der Waals surface area contributed by atoms with Crippen LogP contribution in [0, 0.1) is 0 Å². The third kappa shape index (κ3) is 25.9. The van der Waals surface area contributed by atoms with E-state index in [0.29, 0.717) is 25.0 Å². The van der Waals surface area contributed by atoms with Crippen molar-refractivity contribution >= 4 is 99.4 Å². The fourth-order valence-corrected chi connectivity index (χ4v) is 2.24. The molecule has 0 fully saturated rings. The summed E-state index contributed by atoms with van der Waals surface area (Å²) in [7, 11) is 0. The maximum atomic E-state index is 10.4. The molecule has 0 aliphatic rings. The second kappa shape index (κ2) is 25.1. The van der Waals surface area contributed by atoms with Crippen LogP contribution in [0.15, 0.2) is 23.3 Å². The van der Waals surface area contributed by atoms with Crippen LogP contribution in [0.25, 0.3) is 0 Å². The van der Waals surface area contributed by atoms with Crippen molar-refractivity contribution in [2.75, 3.05) is 0 Å². The third-order valence-electron chi connectivity index (χ3n) is 3.71. The molecule has 0 unspecified atom stereocenters. The van der Waals surface area contributed by atoms with E-state index in [1.807, 2.05) is 13.8 Å². The minimum Gasteiger partial charge on any atom is -0.545 e. The first kappa shape index (κ1) is 37.2. The van der Waals surface area contributed by atoms with Crippen LogP contribution >= 0.6 is 0 Å². The Balaban J connectivity index is -0.000000211. The number of carboxylic acid groups (broad SMARTS) is 4.